The summed E-state index contributed by atoms with van der Waals surface area (Å²) < 4.78 is 6.03. The molecule has 0 aromatic carbocycles. The van der Waals surface area contributed by atoms with Gasteiger partial charge in [0.1, 0.15) is 0 Å². The monoisotopic (exact) mass is 353 g/mol. The van der Waals surface area contributed by atoms with Crippen LogP contribution in [0.15, 0.2) is 9.85 Å². The fourth-order valence-electron chi connectivity index (χ4n) is 1.72. The van der Waals surface area contributed by atoms with Crippen LogP contribution in [0.4, 0.5) is 0 Å². The molecule has 104 valence electrons. The highest BCUT2D eigenvalue weighted by atomic mass is 79.9. The molecular formula is C13H21BrClNOS. The number of methoxy groups -OCH3 is 1. The second kappa shape index (κ2) is 10.2. The number of thiophene rings is 1. The molecule has 0 saturated carbocycles. The number of rotatable bonds is 10. The van der Waals surface area contributed by atoms with E-state index in [2.05, 4.69) is 27.3 Å². The lowest BCUT2D eigenvalue weighted by atomic mass is 10.1. The number of ether oxygens (including phenoxy) is 1. The van der Waals surface area contributed by atoms with Crippen LogP contribution in [0.1, 0.15) is 30.6 Å². The summed E-state index contributed by atoms with van der Waals surface area (Å²) in [5.41, 5.74) is 0. The molecular weight excluding hydrogens is 334 g/mol. The lowest BCUT2D eigenvalue weighted by Crippen LogP contribution is -2.20. The molecule has 0 aliphatic heterocycles. The summed E-state index contributed by atoms with van der Waals surface area (Å²) in [4.78, 5) is 1.38. The fourth-order valence-corrected chi connectivity index (χ4v) is 3.58. The van der Waals surface area contributed by atoms with Gasteiger partial charge in [0.25, 0.3) is 0 Å². The molecule has 0 saturated heterocycles. The summed E-state index contributed by atoms with van der Waals surface area (Å²) in [5, 5.41) is 4.20. The Bertz CT molecular complexity index is 313. The zero-order valence-electron chi connectivity index (χ0n) is 10.8. The fraction of sp³-hybridized carbons (Fsp3) is 0.692. The Morgan fingerprint density at radius 1 is 1.28 bits per heavy atom. The quantitative estimate of drug-likeness (QED) is 0.624. The Kier molecular flexibility index (Phi) is 9.33. The van der Waals surface area contributed by atoms with Crippen LogP contribution in [-0.2, 0) is 11.2 Å². The predicted molar refractivity (Wildman–Crippen MR) is 83.9 cm³/mol. The molecule has 0 atom stereocenters. The van der Waals surface area contributed by atoms with Crippen LogP contribution in [0.3, 0.4) is 0 Å². The second-order valence-electron chi connectivity index (χ2n) is 4.24. The van der Waals surface area contributed by atoms with Crippen molar-refractivity contribution >= 4 is 38.9 Å². The lowest BCUT2D eigenvalue weighted by molar-refractivity contribution is 0.199. The average Bonchev–Trinajstić information content (AvgIpc) is 2.67. The molecule has 0 spiro atoms. The van der Waals surface area contributed by atoms with Gasteiger partial charge in [-0.15, -0.1) is 11.3 Å². The van der Waals surface area contributed by atoms with Crippen molar-refractivity contribution in [2.24, 2.45) is 0 Å². The zero-order valence-corrected chi connectivity index (χ0v) is 14.0. The highest BCUT2D eigenvalue weighted by Gasteiger charge is 2.03. The Morgan fingerprint density at radius 3 is 2.72 bits per heavy atom. The number of hydrogen-bond acceptors (Lipinski definition) is 3. The third-order valence-corrected chi connectivity index (χ3v) is 5.24. The van der Waals surface area contributed by atoms with Gasteiger partial charge in [0.15, 0.2) is 0 Å². The summed E-state index contributed by atoms with van der Waals surface area (Å²) in [6, 6.07) is 2.07. The first kappa shape index (κ1) is 16.4. The molecule has 1 N–H and O–H groups in total. The van der Waals surface area contributed by atoms with E-state index in [4.69, 9.17) is 16.3 Å². The smallest absolute Gasteiger partial charge is 0.0887 e. The van der Waals surface area contributed by atoms with Crippen molar-refractivity contribution in [2.75, 3.05) is 26.8 Å². The van der Waals surface area contributed by atoms with Crippen molar-refractivity contribution in [3.05, 3.63) is 19.8 Å². The van der Waals surface area contributed by atoms with E-state index in [1.807, 2.05) is 0 Å². The molecule has 0 bridgehead atoms. The number of aryl methyl sites for hydroxylation is 1. The molecule has 1 rings (SSSR count). The normalized spacial score (nSPS) is 11.1. The van der Waals surface area contributed by atoms with E-state index < -0.39 is 0 Å². The molecule has 0 fully saturated rings. The van der Waals surface area contributed by atoms with E-state index in [1.54, 1.807) is 18.4 Å². The molecule has 1 heterocycles. The minimum absolute atomic E-state index is 0.800. The molecule has 0 unspecified atom stereocenters. The van der Waals surface area contributed by atoms with Crippen LogP contribution in [0, 0.1) is 0 Å². The van der Waals surface area contributed by atoms with Gasteiger partial charge < -0.3 is 10.1 Å². The minimum atomic E-state index is 0.800. The van der Waals surface area contributed by atoms with Crippen molar-refractivity contribution in [1.29, 1.82) is 0 Å². The summed E-state index contributed by atoms with van der Waals surface area (Å²) in [7, 11) is 1.73. The van der Waals surface area contributed by atoms with Crippen LogP contribution in [0.2, 0.25) is 5.02 Å². The SMILES string of the molecule is COCCNCCCCCCc1cc(Cl)c(Br)s1. The van der Waals surface area contributed by atoms with Gasteiger partial charge in [-0.05, 0) is 47.8 Å². The first-order chi connectivity index (χ1) is 8.74. The lowest BCUT2D eigenvalue weighted by Gasteiger charge is -2.03. The highest BCUT2D eigenvalue weighted by Crippen LogP contribution is 2.32. The van der Waals surface area contributed by atoms with Crippen molar-refractivity contribution in [1.82, 2.24) is 5.32 Å². The molecule has 0 aliphatic rings. The van der Waals surface area contributed by atoms with Gasteiger partial charge in [-0.25, -0.2) is 0 Å². The average molecular weight is 355 g/mol. The van der Waals surface area contributed by atoms with Crippen LogP contribution < -0.4 is 5.32 Å². The van der Waals surface area contributed by atoms with E-state index >= 15 is 0 Å². The maximum absolute atomic E-state index is 6.00. The summed E-state index contributed by atoms with van der Waals surface area (Å²) in [6.45, 7) is 2.85. The van der Waals surface area contributed by atoms with Crippen molar-refractivity contribution < 1.29 is 4.74 Å². The first-order valence-electron chi connectivity index (χ1n) is 6.37. The number of nitrogens with one attached hydrogen (secondary N) is 1. The van der Waals surface area contributed by atoms with Gasteiger partial charge in [-0.2, -0.15) is 0 Å². The molecule has 0 radical (unpaired) electrons. The van der Waals surface area contributed by atoms with Crippen molar-refractivity contribution in [3.63, 3.8) is 0 Å². The number of unbranched alkanes of at least 4 members (excludes halogenated alkanes) is 3. The van der Waals surface area contributed by atoms with Crippen molar-refractivity contribution in [2.45, 2.75) is 32.1 Å². The van der Waals surface area contributed by atoms with Crippen LogP contribution in [0.25, 0.3) is 0 Å². The van der Waals surface area contributed by atoms with Crippen molar-refractivity contribution in [3.8, 4) is 0 Å². The van der Waals surface area contributed by atoms with E-state index in [9.17, 15) is 0 Å². The Morgan fingerprint density at radius 2 is 2.06 bits per heavy atom. The van der Waals surface area contributed by atoms with Gasteiger partial charge in [-0.1, -0.05) is 24.4 Å². The minimum Gasteiger partial charge on any atom is -0.383 e. The second-order valence-corrected chi connectivity index (χ2v) is 7.10. The van der Waals surface area contributed by atoms with Crippen LogP contribution in [0.5, 0.6) is 0 Å². The van der Waals surface area contributed by atoms with E-state index in [0.29, 0.717) is 0 Å². The predicted octanol–water partition coefficient (Wildman–Crippen LogP) is 4.50. The summed E-state index contributed by atoms with van der Waals surface area (Å²) in [6.07, 6.45) is 6.23. The Hall–Kier alpha value is 0.390. The molecule has 2 nitrogen and oxygen atoms in total. The zero-order chi connectivity index (χ0) is 13.2. The summed E-state index contributed by atoms with van der Waals surface area (Å²) in [5.74, 6) is 0. The topological polar surface area (TPSA) is 21.3 Å². The Labute approximate surface area is 127 Å². The van der Waals surface area contributed by atoms with Gasteiger partial charge in [0.05, 0.1) is 15.4 Å². The third kappa shape index (κ3) is 7.10. The number of halogens is 2. The van der Waals surface area contributed by atoms with E-state index in [0.717, 1.165) is 34.9 Å². The first-order valence-corrected chi connectivity index (χ1v) is 8.36. The molecule has 5 heteroatoms. The van der Waals surface area contributed by atoms with Gasteiger partial charge >= 0.3 is 0 Å². The third-order valence-electron chi connectivity index (χ3n) is 2.71. The molecule has 18 heavy (non-hydrogen) atoms. The van der Waals surface area contributed by atoms with E-state index in [-0.39, 0.29) is 0 Å². The summed E-state index contributed by atoms with van der Waals surface area (Å²) >= 11 is 11.2. The highest BCUT2D eigenvalue weighted by molar-refractivity contribution is 9.11. The molecule has 1 aromatic rings. The van der Waals surface area contributed by atoms with Gasteiger partial charge in [0.2, 0.25) is 0 Å². The largest absolute Gasteiger partial charge is 0.383 e. The van der Waals surface area contributed by atoms with Crippen LogP contribution in [-0.4, -0.2) is 26.8 Å². The maximum atomic E-state index is 6.00. The van der Waals surface area contributed by atoms with Gasteiger partial charge in [0, 0.05) is 18.5 Å². The standard InChI is InChI=1S/C13H21BrClNOS/c1-17-9-8-16-7-5-3-2-4-6-11-10-12(15)13(14)18-11/h10,16H,2-9H2,1H3. The van der Waals surface area contributed by atoms with E-state index in [1.165, 1.54) is 30.6 Å². The van der Waals surface area contributed by atoms with Crippen LogP contribution >= 0.6 is 38.9 Å². The molecule has 1 aromatic heterocycles. The van der Waals surface area contributed by atoms with Gasteiger partial charge in [-0.3, -0.25) is 0 Å². The molecule has 0 aliphatic carbocycles. The Balaban J connectivity index is 1.92. The number of hydrogen-bond donors (Lipinski definition) is 1. The molecule has 0 amide bonds. The maximum Gasteiger partial charge on any atom is 0.0887 e.